The number of rotatable bonds is 21. The first kappa shape index (κ1) is 25.4. The molecule has 0 saturated carbocycles. The van der Waals surface area contributed by atoms with Crippen molar-refractivity contribution in [1.29, 1.82) is 0 Å². The molecular formula is C26H52N2. The minimum absolute atomic E-state index is 1.13. The van der Waals surface area contributed by atoms with Crippen LogP contribution in [0.5, 0.6) is 0 Å². The van der Waals surface area contributed by atoms with E-state index in [0.717, 1.165) is 6.67 Å². The van der Waals surface area contributed by atoms with Crippen LogP contribution in [0.2, 0.25) is 0 Å². The molecule has 0 aromatic rings. The minimum Gasteiger partial charge on any atom is -0.359 e. The van der Waals surface area contributed by atoms with Gasteiger partial charge < -0.3 is 9.80 Å². The van der Waals surface area contributed by atoms with Crippen molar-refractivity contribution >= 4 is 0 Å². The van der Waals surface area contributed by atoms with Gasteiger partial charge in [-0.05, 0) is 12.8 Å². The molecule has 0 aromatic carbocycles. The summed E-state index contributed by atoms with van der Waals surface area (Å²) in [6, 6.07) is 0. The van der Waals surface area contributed by atoms with E-state index in [9.17, 15) is 0 Å². The summed E-state index contributed by atoms with van der Waals surface area (Å²) < 4.78 is 0. The lowest BCUT2D eigenvalue weighted by Crippen LogP contribution is -2.26. The van der Waals surface area contributed by atoms with E-state index in [1.54, 1.807) is 0 Å². The van der Waals surface area contributed by atoms with Crippen LogP contribution < -0.4 is 0 Å². The van der Waals surface area contributed by atoms with Crippen LogP contribution in [-0.2, 0) is 0 Å². The van der Waals surface area contributed by atoms with Gasteiger partial charge in [-0.2, -0.15) is 0 Å². The first-order valence-electron chi connectivity index (χ1n) is 13.0. The zero-order valence-corrected chi connectivity index (χ0v) is 19.6. The van der Waals surface area contributed by atoms with Gasteiger partial charge in [0, 0.05) is 25.5 Å². The molecule has 0 N–H and O–H groups in total. The van der Waals surface area contributed by atoms with E-state index in [2.05, 4.69) is 36.0 Å². The van der Waals surface area contributed by atoms with E-state index in [1.807, 2.05) is 0 Å². The van der Waals surface area contributed by atoms with Crippen molar-refractivity contribution in [3.63, 3.8) is 0 Å². The van der Waals surface area contributed by atoms with Crippen LogP contribution in [0, 0.1) is 0 Å². The molecule has 1 heterocycles. The van der Waals surface area contributed by atoms with E-state index in [-0.39, 0.29) is 0 Å². The predicted octanol–water partition coefficient (Wildman–Crippen LogP) is 8.48. The average Bonchev–Trinajstić information content (AvgIpc) is 3.16. The molecule has 0 radical (unpaired) electrons. The summed E-state index contributed by atoms with van der Waals surface area (Å²) in [6.07, 6.45) is 31.8. The summed E-state index contributed by atoms with van der Waals surface area (Å²) in [6.45, 7) is 8.21. The molecule has 0 spiro atoms. The Balaban J connectivity index is 1.75. The zero-order chi connectivity index (χ0) is 20.1. The largest absolute Gasteiger partial charge is 0.359 e. The Morgan fingerprint density at radius 2 is 0.714 bits per heavy atom. The summed E-state index contributed by atoms with van der Waals surface area (Å²) in [7, 11) is 0. The van der Waals surface area contributed by atoms with Crippen molar-refractivity contribution < 1.29 is 0 Å². The predicted molar refractivity (Wildman–Crippen MR) is 126 cm³/mol. The maximum absolute atomic E-state index is 2.50. The number of hydrogen-bond acceptors (Lipinski definition) is 2. The molecular weight excluding hydrogens is 340 g/mol. The van der Waals surface area contributed by atoms with Gasteiger partial charge in [0.2, 0.25) is 0 Å². The van der Waals surface area contributed by atoms with Crippen molar-refractivity contribution in [3.8, 4) is 0 Å². The zero-order valence-electron chi connectivity index (χ0n) is 19.6. The number of hydrogen-bond donors (Lipinski definition) is 0. The summed E-state index contributed by atoms with van der Waals surface area (Å²) in [5.41, 5.74) is 0. The van der Waals surface area contributed by atoms with Gasteiger partial charge >= 0.3 is 0 Å². The van der Waals surface area contributed by atoms with Crippen molar-refractivity contribution in [2.75, 3.05) is 19.8 Å². The fourth-order valence-electron chi connectivity index (χ4n) is 4.23. The molecule has 1 aliphatic heterocycles. The molecule has 166 valence electrons. The Morgan fingerprint density at radius 3 is 1.07 bits per heavy atom. The maximum Gasteiger partial charge on any atom is 0.0893 e. The van der Waals surface area contributed by atoms with Gasteiger partial charge in [-0.15, -0.1) is 0 Å². The minimum atomic E-state index is 1.13. The highest BCUT2D eigenvalue weighted by atomic mass is 15.3. The highest BCUT2D eigenvalue weighted by Gasteiger charge is 2.10. The molecule has 0 aromatic heterocycles. The van der Waals surface area contributed by atoms with Crippen LogP contribution in [0.3, 0.4) is 0 Å². The van der Waals surface area contributed by atoms with Gasteiger partial charge in [-0.25, -0.2) is 0 Å². The number of unbranched alkanes of at least 4 members (excludes halogenated alkanes) is 17. The van der Waals surface area contributed by atoms with Crippen LogP contribution in [0.1, 0.15) is 136 Å². The fourth-order valence-corrected chi connectivity index (χ4v) is 4.23. The van der Waals surface area contributed by atoms with Crippen molar-refractivity contribution in [3.05, 3.63) is 12.4 Å². The Kier molecular flexibility index (Phi) is 17.8. The van der Waals surface area contributed by atoms with E-state index in [4.69, 9.17) is 0 Å². The topological polar surface area (TPSA) is 6.48 Å². The summed E-state index contributed by atoms with van der Waals surface area (Å²) in [5, 5.41) is 0. The monoisotopic (exact) mass is 392 g/mol. The molecule has 0 amide bonds. The Bertz CT molecular complexity index is 339. The van der Waals surface area contributed by atoms with Gasteiger partial charge in [-0.1, -0.05) is 123 Å². The molecule has 1 rings (SSSR count). The highest BCUT2D eigenvalue weighted by molar-refractivity contribution is 4.90. The third-order valence-corrected chi connectivity index (χ3v) is 6.20. The van der Waals surface area contributed by atoms with Crippen LogP contribution in [0.25, 0.3) is 0 Å². The van der Waals surface area contributed by atoms with Gasteiger partial charge in [0.15, 0.2) is 0 Å². The second-order valence-electron chi connectivity index (χ2n) is 9.07. The van der Waals surface area contributed by atoms with Gasteiger partial charge in [0.05, 0.1) is 6.67 Å². The lowest BCUT2D eigenvalue weighted by molar-refractivity contribution is 0.257. The summed E-state index contributed by atoms with van der Waals surface area (Å²) >= 11 is 0. The summed E-state index contributed by atoms with van der Waals surface area (Å²) in [5.74, 6) is 0. The lowest BCUT2D eigenvalue weighted by atomic mass is 10.0. The Morgan fingerprint density at radius 1 is 0.429 bits per heavy atom. The smallest absolute Gasteiger partial charge is 0.0893 e. The van der Waals surface area contributed by atoms with Crippen molar-refractivity contribution in [2.24, 2.45) is 0 Å². The normalized spacial score (nSPS) is 13.8. The fraction of sp³-hybridized carbons (Fsp3) is 0.923. The molecule has 0 unspecified atom stereocenters. The summed E-state index contributed by atoms with van der Waals surface area (Å²) in [4.78, 5) is 4.99. The third-order valence-electron chi connectivity index (χ3n) is 6.20. The van der Waals surface area contributed by atoms with Gasteiger partial charge in [-0.3, -0.25) is 0 Å². The van der Waals surface area contributed by atoms with Crippen LogP contribution >= 0.6 is 0 Å². The van der Waals surface area contributed by atoms with E-state index >= 15 is 0 Å². The lowest BCUT2D eigenvalue weighted by Gasteiger charge is -2.21. The second-order valence-corrected chi connectivity index (χ2v) is 9.07. The highest BCUT2D eigenvalue weighted by Crippen LogP contribution is 2.14. The second kappa shape index (κ2) is 19.6. The molecule has 2 nitrogen and oxygen atoms in total. The molecule has 0 fully saturated rings. The molecule has 0 aliphatic carbocycles. The van der Waals surface area contributed by atoms with Crippen molar-refractivity contribution in [1.82, 2.24) is 9.80 Å². The Labute approximate surface area is 178 Å². The quantitative estimate of drug-likeness (QED) is 0.181. The first-order valence-corrected chi connectivity index (χ1v) is 13.0. The van der Waals surface area contributed by atoms with Gasteiger partial charge in [0.1, 0.15) is 0 Å². The SMILES string of the molecule is CCCCCCCCCCCCCCCCCN1C=CN(CCCCCC)C1. The van der Waals surface area contributed by atoms with E-state index in [0.29, 0.717) is 0 Å². The average molecular weight is 393 g/mol. The third kappa shape index (κ3) is 15.3. The molecule has 2 heteroatoms. The molecule has 28 heavy (non-hydrogen) atoms. The van der Waals surface area contributed by atoms with Crippen LogP contribution in [0.15, 0.2) is 12.4 Å². The van der Waals surface area contributed by atoms with Crippen LogP contribution in [0.4, 0.5) is 0 Å². The van der Waals surface area contributed by atoms with Gasteiger partial charge in [0.25, 0.3) is 0 Å². The van der Waals surface area contributed by atoms with Crippen LogP contribution in [-0.4, -0.2) is 29.6 Å². The Hall–Kier alpha value is -0.660. The van der Waals surface area contributed by atoms with E-state index in [1.165, 1.54) is 135 Å². The van der Waals surface area contributed by atoms with E-state index < -0.39 is 0 Å². The number of nitrogens with zero attached hydrogens (tertiary/aromatic N) is 2. The molecule has 0 bridgehead atoms. The molecule has 1 aliphatic rings. The molecule has 0 saturated heterocycles. The standard InChI is InChI=1S/C26H52N2/c1-3-5-7-9-10-11-12-13-14-15-16-17-18-19-21-23-28-25-24-27(26-28)22-20-8-6-4-2/h24-25H,3-23,26H2,1-2H3. The first-order chi connectivity index (χ1) is 13.9. The maximum atomic E-state index is 2.50. The van der Waals surface area contributed by atoms with Crippen molar-refractivity contribution in [2.45, 2.75) is 136 Å². The molecule has 0 atom stereocenters.